The summed E-state index contributed by atoms with van der Waals surface area (Å²) in [7, 11) is 1.72. The van der Waals surface area contributed by atoms with Crippen molar-refractivity contribution >= 4 is 42.2 Å². The van der Waals surface area contributed by atoms with Crippen molar-refractivity contribution < 1.29 is 38.7 Å². The minimum atomic E-state index is -0.833. The number of nitrogens with one attached hydrogen (secondary N) is 4. The molecule has 4 amide bonds. The number of likely N-dealkylation sites (tertiary alicyclic amines) is 1. The molecule has 7 N–H and O–H groups in total. The van der Waals surface area contributed by atoms with E-state index in [2.05, 4.69) is 66.3 Å². The van der Waals surface area contributed by atoms with Crippen LogP contribution < -0.4 is 27.0 Å². The number of benzene rings is 1. The Morgan fingerprint density at radius 3 is 1.97 bits per heavy atom. The molecule has 0 radical (unpaired) electrons. The molecule has 5 rings (SSSR count). The van der Waals surface area contributed by atoms with Gasteiger partial charge in [0.1, 0.15) is 18.6 Å². The van der Waals surface area contributed by atoms with Gasteiger partial charge in [-0.2, -0.15) is 0 Å². The van der Waals surface area contributed by atoms with Crippen LogP contribution in [0, 0.1) is 23.2 Å². The molecule has 0 aromatic heterocycles. The van der Waals surface area contributed by atoms with Gasteiger partial charge in [-0.3, -0.25) is 24.0 Å². The van der Waals surface area contributed by atoms with Crippen LogP contribution in [0.25, 0.3) is 0 Å². The third-order valence-electron chi connectivity index (χ3n) is 10.3. The van der Waals surface area contributed by atoms with Crippen LogP contribution in [0.3, 0.4) is 0 Å². The number of carboxylic acid groups (broad SMARTS) is 1. The zero-order valence-corrected chi connectivity index (χ0v) is 37.1. The third kappa shape index (κ3) is 22.1. The van der Waals surface area contributed by atoms with Crippen molar-refractivity contribution in [2.24, 2.45) is 28.9 Å². The topological polar surface area (TPSA) is 217 Å². The Bertz CT molecular complexity index is 1390. The second kappa shape index (κ2) is 28.3. The van der Waals surface area contributed by atoms with Crippen LogP contribution in [-0.2, 0) is 41.7 Å². The summed E-state index contributed by atoms with van der Waals surface area (Å²) in [5, 5.41) is 18.9. The number of unbranched alkanes of at least 4 members (excludes halogenated alkanes) is 1. The zero-order chi connectivity index (χ0) is 44.6. The number of ketones is 2. The predicted molar refractivity (Wildman–Crippen MR) is 229 cm³/mol. The van der Waals surface area contributed by atoms with Crippen molar-refractivity contribution in [1.29, 1.82) is 0 Å². The van der Waals surface area contributed by atoms with Gasteiger partial charge in [0.05, 0.1) is 6.04 Å². The quantitative estimate of drug-likeness (QED) is 0.152. The minimum absolute atomic E-state index is 0.0266. The van der Waals surface area contributed by atoms with Crippen LogP contribution in [-0.4, -0.2) is 96.5 Å². The van der Waals surface area contributed by atoms with Crippen molar-refractivity contribution in [2.45, 2.75) is 157 Å². The molecule has 58 heavy (non-hydrogen) atoms. The van der Waals surface area contributed by atoms with Crippen molar-refractivity contribution in [1.82, 2.24) is 26.2 Å². The van der Waals surface area contributed by atoms with E-state index in [0.29, 0.717) is 17.6 Å². The largest absolute Gasteiger partial charge is 0.481 e. The number of Topliss-reactive ketones (excluding diaryl/α,β-unsaturated/α-hetero) is 2. The fraction of sp³-hybridized carbons (Fsp3) is 0.705. The second-order valence-electron chi connectivity index (χ2n) is 16.8. The number of carboxylic acids is 1. The number of urea groups is 1. The number of nitrogens with zero attached hydrogens (tertiary/aromatic N) is 1. The van der Waals surface area contributed by atoms with Gasteiger partial charge in [-0.15, -0.1) is 0 Å². The average molecular weight is 817 g/mol. The maximum absolute atomic E-state index is 12.4. The molecule has 2 heterocycles. The Balaban J connectivity index is 0.000000726. The van der Waals surface area contributed by atoms with E-state index in [9.17, 15) is 24.0 Å². The first kappa shape index (κ1) is 53.8. The molecule has 2 aliphatic heterocycles. The van der Waals surface area contributed by atoms with Gasteiger partial charge in [0.25, 0.3) is 11.9 Å². The molecule has 3 fully saturated rings. The molecule has 330 valence electrons. The second-order valence-corrected chi connectivity index (χ2v) is 16.8. The predicted octanol–water partition coefficient (Wildman–Crippen LogP) is 5.19. The van der Waals surface area contributed by atoms with E-state index in [4.69, 9.17) is 20.4 Å². The molecule has 2 saturated carbocycles. The van der Waals surface area contributed by atoms with Crippen LogP contribution in [0.1, 0.15) is 131 Å². The average Bonchev–Trinajstić information content (AvgIpc) is 4.13. The standard InChI is InChI=1S/C12H23N3O2.C11H20N2O2.C9H11N.C9H16O.C2H4O2.CH2O/c1-8-6-5-7-15(8)10(16)9(12(2,3)4)14-11(13)17;1-3-4-5-9(12-2)10(14)11(15)13-8-6-7-8;1-2-4-9-7-10-6-5-8(9)3-1;1-6(2)7(3)9(10)8-4-5-8;1-2(3)4;1-2/h8-9H,5-7H2,1-4H3,(H3,13,14,17);8-9,12H,3-7H2,1-2H3,(H,13,15);1-4,10H,5-7H2;6-8H,4-5H2,1-3H3;1H3,(H,3,4);1H2. The normalized spacial score (nSPS) is 18.0. The van der Waals surface area contributed by atoms with Gasteiger partial charge in [-0.05, 0) is 94.3 Å². The van der Waals surface area contributed by atoms with E-state index in [-0.39, 0.29) is 41.1 Å². The Labute approximate surface area is 348 Å². The lowest BCUT2D eigenvalue weighted by Crippen LogP contribution is -2.56. The first-order valence-electron chi connectivity index (χ1n) is 20.9. The molecule has 1 saturated heterocycles. The maximum atomic E-state index is 12.4. The highest BCUT2D eigenvalue weighted by atomic mass is 16.4. The molecule has 0 spiro atoms. The summed E-state index contributed by atoms with van der Waals surface area (Å²) in [6, 6.07) is 7.62. The van der Waals surface area contributed by atoms with Crippen LogP contribution in [0.5, 0.6) is 0 Å². The highest BCUT2D eigenvalue weighted by Crippen LogP contribution is 2.34. The number of amides is 4. The highest BCUT2D eigenvalue weighted by Gasteiger charge is 2.38. The fourth-order valence-corrected chi connectivity index (χ4v) is 6.16. The first-order valence-corrected chi connectivity index (χ1v) is 20.9. The molecule has 2 aliphatic carbocycles. The van der Waals surface area contributed by atoms with Gasteiger partial charge in [0.15, 0.2) is 0 Å². The molecule has 14 nitrogen and oxygen atoms in total. The number of likely N-dealkylation sites (N-methyl/N-ethyl adjacent to an activating group) is 1. The Hall–Kier alpha value is -4.17. The highest BCUT2D eigenvalue weighted by molar-refractivity contribution is 6.38. The Kier molecular flexibility index (Phi) is 26.3. The smallest absolute Gasteiger partial charge is 0.312 e. The molecular formula is C44H76N6O8. The van der Waals surface area contributed by atoms with E-state index >= 15 is 0 Å². The van der Waals surface area contributed by atoms with Gasteiger partial charge in [-0.25, -0.2) is 4.79 Å². The van der Waals surface area contributed by atoms with Gasteiger partial charge >= 0.3 is 6.03 Å². The third-order valence-corrected chi connectivity index (χ3v) is 10.3. The molecular weight excluding hydrogens is 741 g/mol. The number of hydrogen-bond acceptors (Lipinski definition) is 9. The lowest BCUT2D eigenvalue weighted by molar-refractivity contribution is -0.139. The number of aliphatic carboxylic acids is 1. The van der Waals surface area contributed by atoms with Crippen molar-refractivity contribution in [3.05, 3.63) is 35.4 Å². The van der Waals surface area contributed by atoms with Gasteiger partial charge in [-0.1, -0.05) is 85.6 Å². The summed E-state index contributed by atoms with van der Waals surface area (Å²) in [4.78, 5) is 76.7. The molecule has 1 aromatic carbocycles. The number of hydrogen-bond donors (Lipinski definition) is 6. The van der Waals surface area contributed by atoms with Crippen molar-refractivity contribution in [3.8, 4) is 0 Å². The van der Waals surface area contributed by atoms with Gasteiger partial charge < -0.3 is 41.8 Å². The number of nitrogens with two attached hydrogens (primary N) is 1. The van der Waals surface area contributed by atoms with E-state index in [1.165, 1.54) is 17.5 Å². The number of fused-ring (bicyclic) bond motifs is 1. The van der Waals surface area contributed by atoms with E-state index in [1.54, 1.807) is 7.05 Å². The van der Waals surface area contributed by atoms with E-state index in [0.717, 1.165) is 84.3 Å². The first-order chi connectivity index (χ1) is 27.2. The summed E-state index contributed by atoms with van der Waals surface area (Å²) >= 11 is 0. The minimum Gasteiger partial charge on any atom is -0.481 e. The molecule has 4 aliphatic rings. The Morgan fingerprint density at radius 2 is 1.55 bits per heavy atom. The lowest BCUT2D eigenvalue weighted by atomic mass is 9.85. The monoisotopic (exact) mass is 817 g/mol. The summed E-state index contributed by atoms with van der Waals surface area (Å²) < 4.78 is 0. The van der Waals surface area contributed by atoms with Crippen LogP contribution in [0.2, 0.25) is 0 Å². The van der Waals surface area contributed by atoms with Crippen LogP contribution >= 0.6 is 0 Å². The number of rotatable bonds is 12. The molecule has 1 aromatic rings. The van der Waals surface area contributed by atoms with E-state index in [1.807, 2.05) is 46.3 Å². The van der Waals surface area contributed by atoms with E-state index < -0.39 is 23.9 Å². The Morgan fingerprint density at radius 1 is 0.983 bits per heavy atom. The van der Waals surface area contributed by atoms with Crippen molar-refractivity contribution in [3.63, 3.8) is 0 Å². The number of carbonyl (C=O) groups is 7. The zero-order valence-electron chi connectivity index (χ0n) is 37.1. The number of primary amides is 1. The van der Waals surface area contributed by atoms with Crippen LogP contribution in [0.15, 0.2) is 24.3 Å². The molecule has 4 unspecified atom stereocenters. The van der Waals surface area contributed by atoms with Gasteiger partial charge in [0, 0.05) is 43.9 Å². The van der Waals surface area contributed by atoms with Crippen LogP contribution in [0.4, 0.5) is 4.79 Å². The number of carbonyl (C=O) groups excluding carboxylic acids is 6. The summed E-state index contributed by atoms with van der Waals surface area (Å²) in [6.45, 7) is 22.2. The molecule has 0 bridgehead atoms. The van der Waals surface area contributed by atoms with Crippen molar-refractivity contribution in [2.75, 3.05) is 20.1 Å². The summed E-state index contributed by atoms with van der Waals surface area (Å²) in [6.07, 6.45) is 10.3. The lowest BCUT2D eigenvalue weighted by Gasteiger charge is -2.34. The fourth-order valence-electron chi connectivity index (χ4n) is 6.16. The molecule has 4 atom stereocenters. The summed E-state index contributed by atoms with van der Waals surface area (Å²) in [5.41, 5.74) is 7.78. The maximum Gasteiger partial charge on any atom is 0.312 e. The summed E-state index contributed by atoms with van der Waals surface area (Å²) in [5.74, 6) is 0.139. The molecule has 14 heteroatoms. The van der Waals surface area contributed by atoms with Gasteiger partial charge in [0.2, 0.25) is 11.7 Å². The SMILES string of the molecule is C=O.CC(=O)O.CC(C)C(C)C(=O)C1CC1.CC1CCCN1C(=O)C(NC(N)=O)C(C)(C)C.CCCCC(NC)C(=O)C(=O)NC1CC1.c1ccc2c(c1)CCNC2.